The van der Waals surface area contributed by atoms with Crippen molar-refractivity contribution in [1.82, 2.24) is 0 Å². The molecule has 2 aliphatic rings. The van der Waals surface area contributed by atoms with Crippen LogP contribution >= 0.6 is 0 Å². The zero-order valence-electron chi connectivity index (χ0n) is 17.1. The molecule has 2 aromatic carbocycles. The minimum atomic E-state index is -0.123. The molecule has 2 heterocycles. The van der Waals surface area contributed by atoms with Crippen LogP contribution in [-0.4, -0.2) is 12.2 Å². The van der Waals surface area contributed by atoms with E-state index in [-0.39, 0.29) is 11.5 Å². The summed E-state index contributed by atoms with van der Waals surface area (Å²) < 4.78 is 12.4. The predicted octanol–water partition coefficient (Wildman–Crippen LogP) is 6.25. The molecule has 0 radical (unpaired) electrons. The largest absolute Gasteiger partial charge is 0.492 e. The quantitative estimate of drug-likeness (QED) is 0.577. The van der Waals surface area contributed by atoms with Crippen molar-refractivity contribution in [2.45, 2.75) is 70.8 Å². The van der Waals surface area contributed by atoms with Crippen LogP contribution in [0.2, 0.25) is 0 Å². The molecule has 0 aromatic heterocycles. The van der Waals surface area contributed by atoms with Gasteiger partial charge in [0.15, 0.2) is 0 Å². The van der Waals surface area contributed by atoms with Crippen molar-refractivity contribution >= 4 is 5.69 Å². The van der Waals surface area contributed by atoms with Gasteiger partial charge in [0, 0.05) is 11.5 Å². The van der Waals surface area contributed by atoms with E-state index < -0.39 is 0 Å². The first kappa shape index (κ1) is 19.0. The summed E-state index contributed by atoms with van der Waals surface area (Å²) >= 11 is 0. The van der Waals surface area contributed by atoms with Gasteiger partial charge in [-0.1, -0.05) is 31.5 Å². The van der Waals surface area contributed by atoms with Crippen LogP contribution in [0.5, 0.6) is 11.5 Å². The molecule has 0 bridgehead atoms. The summed E-state index contributed by atoms with van der Waals surface area (Å²) in [5.41, 5.74) is 5.02. The molecule has 0 saturated heterocycles. The lowest BCUT2D eigenvalue weighted by Gasteiger charge is -2.35. The van der Waals surface area contributed by atoms with E-state index in [2.05, 4.69) is 50.2 Å². The summed E-state index contributed by atoms with van der Waals surface area (Å²) in [6.45, 7) is 7.01. The molecule has 148 valence electrons. The Morgan fingerprint density at radius 3 is 2.86 bits per heavy atom. The average molecular weight is 380 g/mol. The Morgan fingerprint density at radius 1 is 1.21 bits per heavy atom. The Balaban J connectivity index is 1.59. The molecular weight excluding hydrogens is 350 g/mol. The molecule has 28 heavy (non-hydrogen) atoms. The SMILES string of the molecule is CCCCc1ccc(C2COc3c(ccc4c3CCC(C)(C)O4)C2)c(N=O)c1. The van der Waals surface area contributed by atoms with Gasteiger partial charge in [-0.2, -0.15) is 0 Å². The van der Waals surface area contributed by atoms with Crippen LogP contribution in [0.3, 0.4) is 0 Å². The van der Waals surface area contributed by atoms with E-state index in [4.69, 9.17) is 9.47 Å². The molecule has 4 nitrogen and oxygen atoms in total. The van der Waals surface area contributed by atoms with Gasteiger partial charge in [0.1, 0.15) is 22.8 Å². The van der Waals surface area contributed by atoms with Crippen molar-refractivity contribution < 1.29 is 9.47 Å². The zero-order valence-corrected chi connectivity index (χ0v) is 17.1. The summed E-state index contributed by atoms with van der Waals surface area (Å²) in [5.74, 6) is 2.09. The number of aryl methyl sites for hydroxylation is 1. The normalized spacial score (nSPS) is 19.8. The maximum atomic E-state index is 11.5. The Morgan fingerprint density at radius 2 is 2.07 bits per heavy atom. The third-order valence-electron chi connectivity index (χ3n) is 6.01. The van der Waals surface area contributed by atoms with Gasteiger partial charge in [-0.25, -0.2) is 0 Å². The van der Waals surface area contributed by atoms with E-state index in [1.54, 1.807) is 0 Å². The van der Waals surface area contributed by atoms with Gasteiger partial charge in [-0.3, -0.25) is 0 Å². The number of nitrogens with zero attached hydrogens (tertiary/aromatic N) is 1. The van der Waals surface area contributed by atoms with Gasteiger partial charge in [0.25, 0.3) is 0 Å². The second-order valence-corrected chi connectivity index (χ2v) is 8.69. The van der Waals surface area contributed by atoms with E-state index in [0.29, 0.717) is 12.3 Å². The molecule has 0 spiro atoms. The number of ether oxygens (including phenoxy) is 2. The smallest absolute Gasteiger partial charge is 0.129 e. The third-order valence-corrected chi connectivity index (χ3v) is 6.01. The fourth-order valence-electron chi connectivity index (χ4n) is 4.36. The monoisotopic (exact) mass is 379 g/mol. The number of fused-ring (bicyclic) bond motifs is 3. The fourth-order valence-corrected chi connectivity index (χ4v) is 4.36. The van der Waals surface area contributed by atoms with Crippen molar-refractivity contribution in [2.24, 2.45) is 5.18 Å². The third kappa shape index (κ3) is 3.65. The summed E-state index contributed by atoms with van der Waals surface area (Å²) in [6.07, 6.45) is 6.09. The highest BCUT2D eigenvalue weighted by Crippen LogP contribution is 2.44. The van der Waals surface area contributed by atoms with Crippen molar-refractivity contribution in [3.8, 4) is 11.5 Å². The van der Waals surface area contributed by atoms with Crippen LogP contribution in [0, 0.1) is 4.91 Å². The first-order valence-electron chi connectivity index (χ1n) is 10.4. The van der Waals surface area contributed by atoms with E-state index in [9.17, 15) is 4.91 Å². The molecule has 4 rings (SSSR count). The second kappa shape index (κ2) is 7.57. The molecule has 0 aliphatic carbocycles. The maximum absolute atomic E-state index is 11.5. The lowest BCUT2D eigenvalue weighted by Crippen LogP contribution is -2.33. The van der Waals surface area contributed by atoms with Gasteiger partial charge in [0.05, 0.1) is 6.61 Å². The highest BCUT2D eigenvalue weighted by Gasteiger charge is 2.32. The van der Waals surface area contributed by atoms with Gasteiger partial charge < -0.3 is 9.47 Å². The Kier molecular flexibility index (Phi) is 5.13. The second-order valence-electron chi connectivity index (χ2n) is 8.69. The first-order chi connectivity index (χ1) is 13.5. The van der Waals surface area contributed by atoms with Gasteiger partial charge in [-0.15, -0.1) is 4.91 Å². The van der Waals surface area contributed by atoms with Gasteiger partial charge in [0.2, 0.25) is 0 Å². The molecule has 0 N–H and O–H groups in total. The Bertz CT molecular complexity index is 888. The molecule has 2 aromatic rings. The van der Waals surface area contributed by atoms with E-state index >= 15 is 0 Å². The van der Waals surface area contributed by atoms with Crippen LogP contribution in [0.25, 0.3) is 0 Å². The number of unbranched alkanes of at least 4 members (excludes halogenated alkanes) is 1. The molecule has 1 unspecified atom stereocenters. The van der Waals surface area contributed by atoms with E-state index in [0.717, 1.165) is 55.6 Å². The predicted molar refractivity (Wildman–Crippen MR) is 112 cm³/mol. The fraction of sp³-hybridized carbons (Fsp3) is 0.500. The minimum absolute atomic E-state index is 0.123. The van der Waals surface area contributed by atoms with Crippen molar-refractivity contribution in [3.63, 3.8) is 0 Å². The standard InChI is InChI=1S/C24H29NO3/c1-4-5-6-16-7-9-19(21(13-16)25-26)18-14-17-8-10-22-20(23(17)27-15-18)11-12-24(2,3)28-22/h7-10,13,18H,4-6,11-12,14-15H2,1-3H3. The summed E-state index contributed by atoms with van der Waals surface area (Å²) in [6, 6.07) is 10.4. The minimum Gasteiger partial charge on any atom is -0.492 e. The zero-order chi connectivity index (χ0) is 19.7. The molecule has 0 amide bonds. The number of hydrogen-bond donors (Lipinski definition) is 0. The lowest BCUT2D eigenvalue weighted by molar-refractivity contribution is 0.0827. The van der Waals surface area contributed by atoms with Crippen molar-refractivity contribution in [1.29, 1.82) is 0 Å². The van der Waals surface area contributed by atoms with Crippen LogP contribution in [0.4, 0.5) is 5.69 Å². The van der Waals surface area contributed by atoms with Crippen molar-refractivity contribution in [2.75, 3.05) is 6.61 Å². The van der Waals surface area contributed by atoms with Crippen LogP contribution in [-0.2, 0) is 19.3 Å². The molecule has 0 fully saturated rings. The van der Waals surface area contributed by atoms with Crippen LogP contribution in [0.1, 0.15) is 68.2 Å². The Labute approximate surface area is 167 Å². The van der Waals surface area contributed by atoms with Crippen LogP contribution in [0.15, 0.2) is 35.5 Å². The highest BCUT2D eigenvalue weighted by molar-refractivity contribution is 5.55. The van der Waals surface area contributed by atoms with Gasteiger partial charge in [-0.05, 0) is 80.0 Å². The molecule has 0 saturated carbocycles. The highest BCUT2D eigenvalue weighted by atomic mass is 16.5. The molecule has 1 atom stereocenters. The van der Waals surface area contributed by atoms with Crippen LogP contribution < -0.4 is 9.47 Å². The number of hydrogen-bond acceptors (Lipinski definition) is 4. The molecule has 2 aliphatic heterocycles. The average Bonchev–Trinajstić information content (AvgIpc) is 2.70. The molecular formula is C24H29NO3. The van der Waals surface area contributed by atoms with Gasteiger partial charge >= 0.3 is 0 Å². The van der Waals surface area contributed by atoms with E-state index in [1.165, 1.54) is 16.7 Å². The van der Waals surface area contributed by atoms with E-state index in [1.807, 2.05) is 6.07 Å². The summed E-state index contributed by atoms with van der Waals surface area (Å²) in [4.78, 5) is 11.5. The summed E-state index contributed by atoms with van der Waals surface area (Å²) in [7, 11) is 0. The maximum Gasteiger partial charge on any atom is 0.129 e. The molecule has 4 heteroatoms. The number of rotatable bonds is 5. The lowest BCUT2D eigenvalue weighted by atomic mass is 9.85. The summed E-state index contributed by atoms with van der Waals surface area (Å²) in [5, 5.41) is 3.33. The number of nitroso groups, excluding NO2 is 1. The topological polar surface area (TPSA) is 47.9 Å². The Hall–Kier alpha value is -2.36. The first-order valence-corrected chi connectivity index (χ1v) is 10.4. The van der Waals surface area contributed by atoms with Crippen molar-refractivity contribution in [3.05, 3.63) is 57.5 Å². The number of benzene rings is 2.